The zero-order valence-electron chi connectivity index (χ0n) is 7.81. The van der Waals surface area contributed by atoms with E-state index in [-0.39, 0.29) is 5.41 Å². The largest absolute Gasteiger partial charge is 0.330 e. The summed E-state index contributed by atoms with van der Waals surface area (Å²) in [5.41, 5.74) is 8.37. The van der Waals surface area contributed by atoms with Gasteiger partial charge in [0.15, 0.2) is 0 Å². The summed E-state index contributed by atoms with van der Waals surface area (Å²) in [6.45, 7) is 2.76. The first kappa shape index (κ1) is 9.04. The molecule has 1 fully saturated rings. The first-order valence-electron chi connectivity index (χ1n) is 4.65. The number of aryl methyl sites for hydroxylation is 1. The average Bonchev–Trinajstić information content (AvgIpc) is 2.90. The maximum absolute atomic E-state index is 6.24. The quantitative estimate of drug-likeness (QED) is 0.772. The molecule has 0 aromatic heterocycles. The third-order valence-corrected chi connectivity index (χ3v) is 3.51. The van der Waals surface area contributed by atoms with Gasteiger partial charge < -0.3 is 5.73 Å². The van der Waals surface area contributed by atoms with Crippen molar-refractivity contribution in [3.05, 3.63) is 34.3 Å². The molecule has 0 atom stereocenters. The Morgan fingerprint density at radius 1 is 1.46 bits per heavy atom. The molecule has 0 amide bonds. The summed E-state index contributed by atoms with van der Waals surface area (Å²) < 4.78 is 0. The molecule has 1 aromatic carbocycles. The van der Waals surface area contributed by atoms with E-state index in [1.54, 1.807) is 0 Å². The molecule has 1 aliphatic rings. The minimum absolute atomic E-state index is 0.211. The Bertz CT molecular complexity index is 329. The highest BCUT2D eigenvalue weighted by atomic mass is 35.5. The summed E-state index contributed by atoms with van der Waals surface area (Å²) in [6, 6.07) is 6.21. The lowest BCUT2D eigenvalue weighted by atomic mass is 9.95. The molecule has 0 saturated heterocycles. The van der Waals surface area contributed by atoms with Crippen LogP contribution >= 0.6 is 11.6 Å². The molecule has 13 heavy (non-hydrogen) atoms. The second-order valence-corrected chi connectivity index (χ2v) is 4.30. The summed E-state index contributed by atoms with van der Waals surface area (Å²) in [7, 11) is 0. The van der Waals surface area contributed by atoms with Crippen LogP contribution in [0.4, 0.5) is 0 Å². The fraction of sp³-hybridized carbons (Fsp3) is 0.455. The molecule has 0 aliphatic heterocycles. The van der Waals surface area contributed by atoms with E-state index in [4.69, 9.17) is 17.3 Å². The van der Waals surface area contributed by atoms with Crippen LogP contribution in [0.15, 0.2) is 18.2 Å². The van der Waals surface area contributed by atoms with Gasteiger partial charge in [0.25, 0.3) is 0 Å². The van der Waals surface area contributed by atoms with Gasteiger partial charge in [-0.05, 0) is 30.9 Å². The van der Waals surface area contributed by atoms with E-state index in [0.717, 1.165) is 17.1 Å². The van der Waals surface area contributed by atoms with Crippen LogP contribution in [0.3, 0.4) is 0 Å². The Labute approximate surface area is 83.9 Å². The molecule has 1 aromatic rings. The van der Waals surface area contributed by atoms with Crippen LogP contribution in [0.25, 0.3) is 0 Å². The number of hydrogen-bond donors (Lipinski definition) is 1. The van der Waals surface area contributed by atoms with Gasteiger partial charge in [-0.1, -0.05) is 29.8 Å². The van der Waals surface area contributed by atoms with E-state index in [2.05, 4.69) is 12.1 Å². The molecule has 0 unspecified atom stereocenters. The number of hydrogen-bond acceptors (Lipinski definition) is 1. The Morgan fingerprint density at radius 2 is 2.15 bits per heavy atom. The molecule has 0 spiro atoms. The van der Waals surface area contributed by atoms with E-state index < -0.39 is 0 Å². The monoisotopic (exact) mass is 195 g/mol. The number of benzene rings is 1. The Kier molecular flexibility index (Phi) is 2.09. The summed E-state index contributed by atoms with van der Waals surface area (Å²) in [4.78, 5) is 0. The summed E-state index contributed by atoms with van der Waals surface area (Å²) >= 11 is 6.24. The van der Waals surface area contributed by atoms with Crippen LogP contribution in [-0.2, 0) is 5.41 Å². The zero-order chi connectivity index (χ0) is 9.47. The maximum atomic E-state index is 6.24. The molecular weight excluding hydrogens is 182 g/mol. The molecule has 0 radical (unpaired) electrons. The van der Waals surface area contributed by atoms with Crippen LogP contribution < -0.4 is 5.73 Å². The molecule has 0 bridgehead atoms. The van der Waals surface area contributed by atoms with Gasteiger partial charge in [0.05, 0.1) is 0 Å². The van der Waals surface area contributed by atoms with Gasteiger partial charge in [0, 0.05) is 17.0 Å². The van der Waals surface area contributed by atoms with Crippen molar-refractivity contribution in [2.75, 3.05) is 6.54 Å². The van der Waals surface area contributed by atoms with Crippen molar-refractivity contribution in [2.45, 2.75) is 25.2 Å². The summed E-state index contributed by atoms with van der Waals surface area (Å²) in [5, 5.41) is 0.908. The van der Waals surface area contributed by atoms with Crippen molar-refractivity contribution < 1.29 is 0 Å². The van der Waals surface area contributed by atoms with Crippen molar-refractivity contribution in [1.82, 2.24) is 0 Å². The molecule has 1 nitrogen and oxygen atoms in total. The topological polar surface area (TPSA) is 26.0 Å². The Hall–Kier alpha value is -0.530. The molecular formula is C11H14ClN. The minimum Gasteiger partial charge on any atom is -0.330 e. The SMILES string of the molecule is Cc1cccc(C2(CN)CC2)c1Cl. The average molecular weight is 196 g/mol. The van der Waals surface area contributed by atoms with Crippen LogP contribution in [-0.4, -0.2) is 6.54 Å². The molecule has 2 rings (SSSR count). The number of halogens is 1. The van der Waals surface area contributed by atoms with E-state index in [9.17, 15) is 0 Å². The van der Waals surface area contributed by atoms with Crippen LogP contribution in [0.1, 0.15) is 24.0 Å². The second kappa shape index (κ2) is 3.00. The molecule has 1 aliphatic carbocycles. The standard InChI is InChI=1S/C11H14ClN/c1-8-3-2-4-9(10(8)12)11(7-13)5-6-11/h2-4H,5-7,13H2,1H3. The van der Waals surface area contributed by atoms with Crippen molar-refractivity contribution in [1.29, 1.82) is 0 Å². The highest BCUT2D eigenvalue weighted by Crippen LogP contribution is 2.49. The third-order valence-electron chi connectivity index (χ3n) is 3.01. The molecule has 2 N–H and O–H groups in total. The number of nitrogens with two attached hydrogens (primary N) is 1. The van der Waals surface area contributed by atoms with Gasteiger partial charge in [-0.25, -0.2) is 0 Å². The van der Waals surface area contributed by atoms with E-state index in [1.807, 2.05) is 13.0 Å². The zero-order valence-corrected chi connectivity index (χ0v) is 8.56. The maximum Gasteiger partial charge on any atom is 0.0473 e. The van der Waals surface area contributed by atoms with Gasteiger partial charge in [0.2, 0.25) is 0 Å². The smallest absolute Gasteiger partial charge is 0.0473 e. The van der Waals surface area contributed by atoms with Gasteiger partial charge >= 0.3 is 0 Å². The molecule has 70 valence electrons. The first-order valence-corrected chi connectivity index (χ1v) is 5.03. The molecule has 1 saturated carbocycles. The lowest BCUT2D eigenvalue weighted by molar-refractivity contribution is 0.704. The Morgan fingerprint density at radius 3 is 2.69 bits per heavy atom. The second-order valence-electron chi connectivity index (χ2n) is 3.92. The van der Waals surface area contributed by atoms with E-state index in [1.165, 1.54) is 18.4 Å². The molecule has 2 heteroatoms. The van der Waals surface area contributed by atoms with Gasteiger partial charge in [0.1, 0.15) is 0 Å². The fourth-order valence-corrected chi connectivity index (χ4v) is 2.12. The fourth-order valence-electron chi connectivity index (χ4n) is 1.79. The molecule has 0 heterocycles. The van der Waals surface area contributed by atoms with Crippen molar-refractivity contribution >= 4 is 11.6 Å². The van der Waals surface area contributed by atoms with Crippen LogP contribution in [0.2, 0.25) is 5.02 Å². The predicted molar refractivity (Wildman–Crippen MR) is 56.2 cm³/mol. The minimum atomic E-state index is 0.211. The lowest BCUT2D eigenvalue weighted by Crippen LogP contribution is -2.20. The first-order chi connectivity index (χ1) is 6.19. The third kappa shape index (κ3) is 1.36. The van der Waals surface area contributed by atoms with Gasteiger partial charge in [-0.3, -0.25) is 0 Å². The van der Waals surface area contributed by atoms with Crippen molar-refractivity contribution in [3.63, 3.8) is 0 Å². The Balaban J connectivity index is 2.46. The van der Waals surface area contributed by atoms with Crippen LogP contribution in [0, 0.1) is 6.92 Å². The lowest BCUT2D eigenvalue weighted by Gasteiger charge is -2.15. The normalized spacial score (nSPS) is 18.7. The highest BCUT2D eigenvalue weighted by Gasteiger charge is 2.44. The highest BCUT2D eigenvalue weighted by molar-refractivity contribution is 6.32. The van der Waals surface area contributed by atoms with E-state index >= 15 is 0 Å². The van der Waals surface area contributed by atoms with Crippen molar-refractivity contribution in [2.24, 2.45) is 5.73 Å². The van der Waals surface area contributed by atoms with Gasteiger partial charge in [-0.2, -0.15) is 0 Å². The summed E-state index contributed by atoms with van der Waals surface area (Å²) in [6.07, 6.45) is 2.37. The predicted octanol–water partition coefficient (Wildman–Crippen LogP) is 2.64. The van der Waals surface area contributed by atoms with Gasteiger partial charge in [-0.15, -0.1) is 0 Å². The van der Waals surface area contributed by atoms with Crippen LogP contribution in [0.5, 0.6) is 0 Å². The van der Waals surface area contributed by atoms with Crippen molar-refractivity contribution in [3.8, 4) is 0 Å². The summed E-state index contributed by atoms with van der Waals surface area (Å²) in [5.74, 6) is 0. The number of rotatable bonds is 2. The van der Waals surface area contributed by atoms with E-state index in [0.29, 0.717) is 0 Å².